The van der Waals surface area contributed by atoms with Gasteiger partial charge in [-0.05, 0) is 12.8 Å². The van der Waals surface area contributed by atoms with Crippen molar-refractivity contribution in [2.24, 2.45) is 0 Å². The summed E-state index contributed by atoms with van der Waals surface area (Å²) >= 11 is 0. The number of nitrogens with one attached hydrogen (secondary N) is 1. The van der Waals surface area contributed by atoms with Crippen LogP contribution in [-0.2, 0) is 0 Å². The lowest BCUT2D eigenvalue weighted by molar-refractivity contribution is 0.101. The van der Waals surface area contributed by atoms with Gasteiger partial charge in [-0.3, -0.25) is 4.79 Å². The number of nitrogens with zero attached hydrogens (tertiary/aromatic N) is 2. The molecule has 1 aliphatic rings. The van der Waals surface area contributed by atoms with Gasteiger partial charge in [0.25, 0.3) is 0 Å². The van der Waals surface area contributed by atoms with E-state index in [1.165, 1.54) is 6.92 Å². The van der Waals surface area contributed by atoms with E-state index in [0.29, 0.717) is 11.6 Å². The summed E-state index contributed by atoms with van der Waals surface area (Å²) in [7, 11) is 0. The molecule has 1 aliphatic carbocycles. The van der Waals surface area contributed by atoms with E-state index in [-0.39, 0.29) is 5.78 Å². The van der Waals surface area contributed by atoms with Gasteiger partial charge in [-0.1, -0.05) is 0 Å². The van der Waals surface area contributed by atoms with Crippen molar-refractivity contribution in [3.8, 4) is 0 Å². The maximum absolute atomic E-state index is 10.9. The summed E-state index contributed by atoms with van der Waals surface area (Å²) in [6, 6.07) is 0. The van der Waals surface area contributed by atoms with Crippen LogP contribution in [0.2, 0.25) is 0 Å². The summed E-state index contributed by atoms with van der Waals surface area (Å²) in [5.41, 5.74) is 1.38. The van der Waals surface area contributed by atoms with Crippen molar-refractivity contribution >= 4 is 5.78 Å². The molecule has 4 heteroatoms. The number of hydrogen-bond donors (Lipinski definition) is 1. The van der Waals surface area contributed by atoms with Gasteiger partial charge in [0.1, 0.15) is 0 Å². The number of H-pyrrole nitrogens is 1. The molecule has 0 radical (unpaired) electrons. The number of hydrogen-bond acceptors (Lipinski definition) is 3. The molecule has 0 amide bonds. The van der Waals surface area contributed by atoms with Gasteiger partial charge in [-0.2, -0.15) is 15.4 Å². The Morgan fingerprint density at radius 2 is 2.27 bits per heavy atom. The third-order valence-electron chi connectivity index (χ3n) is 1.87. The van der Waals surface area contributed by atoms with E-state index in [1.807, 2.05) is 0 Å². The van der Waals surface area contributed by atoms with Gasteiger partial charge in [0, 0.05) is 12.8 Å². The van der Waals surface area contributed by atoms with Gasteiger partial charge in [-0.15, -0.1) is 0 Å². The van der Waals surface area contributed by atoms with E-state index >= 15 is 0 Å². The molecule has 2 rings (SSSR count). The first-order valence-electron chi connectivity index (χ1n) is 3.70. The quantitative estimate of drug-likeness (QED) is 0.638. The average Bonchev–Trinajstić information content (AvgIpc) is 2.68. The molecule has 0 aromatic carbocycles. The highest BCUT2D eigenvalue weighted by Gasteiger charge is 2.30. The molecule has 4 nitrogen and oxygen atoms in total. The highest BCUT2D eigenvalue weighted by atomic mass is 16.1. The molecule has 11 heavy (non-hydrogen) atoms. The molecule has 0 atom stereocenters. The van der Waals surface area contributed by atoms with Crippen LogP contribution in [0, 0.1) is 0 Å². The van der Waals surface area contributed by atoms with Crippen LogP contribution >= 0.6 is 0 Å². The largest absolute Gasteiger partial charge is 0.293 e. The van der Waals surface area contributed by atoms with Crippen LogP contribution in [0.4, 0.5) is 0 Å². The van der Waals surface area contributed by atoms with E-state index < -0.39 is 0 Å². The van der Waals surface area contributed by atoms with Crippen molar-refractivity contribution in [2.45, 2.75) is 25.7 Å². The molecular formula is C7H9N3O. The van der Waals surface area contributed by atoms with Crippen LogP contribution in [0.5, 0.6) is 0 Å². The number of rotatable bonds is 2. The molecule has 1 N–H and O–H groups in total. The normalized spacial score (nSPS) is 16.8. The molecule has 0 spiro atoms. The first kappa shape index (κ1) is 6.52. The van der Waals surface area contributed by atoms with E-state index in [9.17, 15) is 4.79 Å². The van der Waals surface area contributed by atoms with Gasteiger partial charge >= 0.3 is 0 Å². The average molecular weight is 151 g/mol. The molecule has 58 valence electrons. The minimum atomic E-state index is 0.000602. The minimum absolute atomic E-state index is 0.000602. The first-order chi connectivity index (χ1) is 5.29. The van der Waals surface area contributed by atoms with Crippen molar-refractivity contribution < 1.29 is 4.79 Å². The van der Waals surface area contributed by atoms with E-state index in [4.69, 9.17) is 0 Å². The monoisotopic (exact) mass is 151 g/mol. The topological polar surface area (TPSA) is 58.6 Å². The van der Waals surface area contributed by atoms with Crippen LogP contribution in [0.25, 0.3) is 0 Å². The Kier molecular flexibility index (Phi) is 1.27. The zero-order valence-electron chi connectivity index (χ0n) is 6.29. The van der Waals surface area contributed by atoms with Gasteiger partial charge in [0.05, 0.1) is 5.69 Å². The highest BCUT2D eigenvalue weighted by Crippen LogP contribution is 2.39. The summed E-state index contributed by atoms with van der Waals surface area (Å²) in [5.74, 6) is 0.494. The SMILES string of the molecule is CC(=O)c1n[nH]nc1C1CC1. The van der Waals surface area contributed by atoms with Crippen LogP contribution in [0.1, 0.15) is 41.9 Å². The lowest BCUT2D eigenvalue weighted by Crippen LogP contribution is -1.97. The van der Waals surface area contributed by atoms with Gasteiger partial charge in [0.15, 0.2) is 11.5 Å². The molecule has 0 unspecified atom stereocenters. The predicted molar refractivity (Wildman–Crippen MR) is 38.4 cm³/mol. The zero-order chi connectivity index (χ0) is 7.84. The summed E-state index contributed by atoms with van der Waals surface area (Å²) in [6.07, 6.45) is 2.29. The Balaban J connectivity index is 2.37. The maximum Gasteiger partial charge on any atom is 0.181 e. The lowest BCUT2D eigenvalue weighted by atomic mass is 10.2. The van der Waals surface area contributed by atoms with E-state index in [0.717, 1.165) is 18.5 Å². The Morgan fingerprint density at radius 1 is 1.55 bits per heavy atom. The minimum Gasteiger partial charge on any atom is -0.293 e. The number of aromatic nitrogens is 3. The van der Waals surface area contributed by atoms with E-state index in [1.54, 1.807) is 0 Å². The van der Waals surface area contributed by atoms with Gasteiger partial charge < -0.3 is 0 Å². The molecule has 0 bridgehead atoms. The Labute approximate surface area is 64.0 Å². The van der Waals surface area contributed by atoms with Crippen molar-refractivity contribution in [2.75, 3.05) is 0 Å². The number of carbonyl (C=O) groups is 1. The fraction of sp³-hybridized carbons (Fsp3) is 0.571. The van der Waals surface area contributed by atoms with Gasteiger partial charge in [0.2, 0.25) is 0 Å². The second-order valence-electron chi connectivity index (χ2n) is 2.89. The number of Topliss-reactive ketones (excluding diaryl/α,β-unsaturated/α-hetero) is 1. The molecular weight excluding hydrogens is 142 g/mol. The second kappa shape index (κ2) is 2.15. The van der Waals surface area contributed by atoms with Crippen LogP contribution in [0.15, 0.2) is 0 Å². The van der Waals surface area contributed by atoms with Crippen LogP contribution in [-0.4, -0.2) is 21.2 Å². The number of carbonyl (C=O) groups excluding carboxylic acids is 1. The third kappa shape index (κ3) is 1.04. The van der Waals surface area contributed by atoms with Crippen molar-refractivity contribution in [3.63, 3.8) is 0 Å². The molecule has 1 fully saturated rings. The molecule has 1 saturated carbocycles. The van der Waals surface area contributed by atoms with Crippen LogP contribution < -0.4 is 0 Å². The summed E-state index contributed by atoms with van der Waals surface area (Å²) in [4.78, 5) is 10.9. The van der Waals surface area contributed by atoms with Crippen molar-refractivity contribution in [1.82, 2.24) is 15.4 Å². The van der Waals surface area contributed by atoms with Crippen molar-refractivity contribution in [1.29, 1.82) is 0 Å². The summed E-state index contributed by atoms with van der Waals surface area (Å²) in [6.45, 7) is 1.52. The van der Waals surface area contributed by atoms with Gasteiger partial charge in [-0.25, -0.2) is 0 Å². The van der Waals surface area contributed by atoms with E-state index in [2.05, 4.69) is 15.4 Å². The Hall–Kier alpha value is -1.19. The molecule has 0 aliphatic heterocycles. The maximum atomic E-state index is 10.9. The fourth-order valence-electron chi connectivity index (χ4n) is 1.14. The standard InChI is InChI=1S/C7H9N3O/c1-4(11)6-7(5-2-3-5)9-10-8-6/h5H,2-3H2,1H3,(H,8,9,10). The Bertz CT molecular complexity index is 288. The highest BCUT2D eigenvalue weighted by molar-refractivity contribution is 5.93. The fourth-order valence-corrected chi connectivity index (χ4v) is 1.14. The summed E-state index contributed by atoms with van der Waals surface area (Å²) in [5, 5.41) is 10.2. The third-order valence-corrected chi connectivity index (χ3v) is 1.87. The molecule has 1 heterocycles. The second-order valence-corrected chi connectivity index (χ2v) is 2.89. The number of aromatic amines is 1. The summed E-state index contributed by atoms with van der Waals surface area (Å²) < 4.78 is 0. The first-order valence-corrected chi connectivity index (χ1v) is 3.70. The smallest absolute Gasteiger partial charge is 0.181 e. The number of ketones is 1. The Morgan fingerprint density at radius 3 is 2.82 bits per heavy atom. The molecule has 1 aromatic rings. The molecule has 1 aromatic heterocycles. The predicted octanol–water partition coefficient (Wildman–Crippen LogP) is 0.885. The molecule has 0 saturated heterocycles. The van der Waals surface area contributed by atoms with Crippen molar-refractivity contribution in [3.05, 3.63) is 11.4 Å². The van der Waals surface area contributed by atoms with Crippen LogP contribution in [0.3, 0.4) is 0 Å². The lowest BCUT2D eigenvalue weighted by Gasteiger charge is -1.90. The zero-order valence-corrected chi connectivity index (χ0v) is 6.29.